The van der Waals surface area contributed by atoms with Crippen LogP contribution in [0.5, 0.6) is 0 Å². The Morgan fingerprint density at radius 1 is 1.00 bits per heavy atom. The molecule has 5 aromatic rings. The predicted octanol–water partition coefficient (Wildman–Crippen LogP) is 1.93. The molecule has 6 rings (SSSR count). The van der Waals surface area contributed by atoms with Gasteiger partial charge in [0.1, 0.15) is 11.3 Å². The van der Waals surface area contributed by atoms with E-state index in [0.717, 1.165) is 36.7 Å². The van der Waals surface area contributed by atoms with Crippen LogP contribution in [0.1, 0.15) is 6.92 Å². The van der Waals surface area contributed by atoms with Crippen molar-refractivity contribution in [2.75, 3.05) is 43.4 Å². The molecule has 186 valence electrons. The molecular weight excluding hydrogens is 483 g/mol. The topological polar surface area (TPSA) is 115 Å². The second-order valence-corrected chi connectivity index (χ2v) is 9.51. The molecule has 11 nitrogen and oxygen atoms in total. The van der Waals surface area contributed by atoms with Crippen LogP contribution in [0.4, 0.5) is 16.0 Å². The van der Waals surface area contributed by atoms with Gasteiger partial charge in [-0.25, -0.2) is 18.5 Å². The summed E-state index contributed by atoms with van der Waals surface area (Å²) in [4.78, 5) is 28.0. The Hall–Kier alpha value is -3.84. The molecule has 1 saturated heterocycles. The van der Waals surface area contributed by atoms with Gasteiger partial charge >= 0.3 is 5.69 Å². The molecule has 13 heteroatoms. The standard InChI is InChI=1S/C23H25FN10OS/c1-2-32-18-20(28-22(25)34-21(18)27-19(29-34)17-7-8-26-36-17)33(23(32)35)14-11-30-9-12-31(13-10-30)16-5-3-15(24)4-6-16/h3-8H,2,9-14H2,1H3,(H2,25,28). The van der Waals surface area contributed by atoms with Crippen molar-refractivity contribution in [2.24, 2.45) is 0 Å². The first-order chi connectivity index (χ1) is 17.5. The van der Waals surface area contributed by atoms with Crippen molar-refractivity contribution in [3.63, 3.8) is 0 Å². The Bertz CT molecular complexity index is 1580. The summed E-state index contributed by atoms with van der Waals surface area (Å²) in [6.07, 6.45) is 1.70. The van der Waals surface area contributed by atoms with Crippen molar-refractivity contribution in [1.82, 2.24) is 38.0 Å². The van der Waals surface area contributed by atoms with Crippen molar-refractivity contribution in [3.05, 3.63) is 52.8 Å². The molecule has 5 heterocycles. The summed E-state index contributed by atoms with van der Waals surface area (Å²) in [5, 5.41) is 4.51. The summed E-state index contributed by atoms with van der Waals surface area (Å²) in [5.41, 5.74) is 8.78. The Balaban J connectivity index is 1.27. The van der Waals surface area contributed by atoms with Gasteiger partial charge in [0.05, 0.1) is 4.88 Å². The molecule has 0 spiro atoms. The molecule has 2 N–H and O–H groups in total. The third-order valence-electron chi connectivity index (χ3n) is 6.63. The van der Waals surface area contributed by atoms with Gasteiger partial charge < -0.3 is 10.6 Å². The van der Waals surface area contributed by atoms with Gasteiger partial charge in [0.2, 0.25) is 5.95 Å². The molecule has 0 radical (unpaired) electrons. The summed E-state index contributed by atoms with van der Waals surface area (Å²) < 4.78 is 22.2. The summed E-state index contributed by atoms with van der Waals surface area (Å²) in [6, 6.07) is 8.44. The number of hydrogen-bond acceptors (Lipinski definition) is 9. The minimum Gasteiger partial charge on any atom is -0.369 e. The minimum absolute atomic E-state index is 0.139. The first-order valence-corrected chi connectivity index (χ1v) is 12.6. The van der Waals surface area contributed by atoms with Crippen molar-refractivity contribution in [1.29, 1.82) is 0 Å². The zero-order valence-electron chi connectivity index (χ0n) is 19.7. The van der Waals surface area contributed by atoms with Crippen LogP contribution in [0.3, 0.4) is 0 Å². The number of nitrogen functional groups attached to an aromatic ring is 1. The van der Waals surface area contributed by atoms with Gasteiger partial charge in [-0.2, -0.15) is 9.50 Å². The number of rotatable bonds is 6. The number of piperazine rings is 1. The van der Waals surface area contributed by atoms with E-state index in [9.17, 15) is 9.18 Å². The number of anilines is 2. The maximum atomic E-state index is 13.4. The van der Waals surface area contributed by atoms with Crippen molar-refractivity contribution < 1.29 is 4.39 Å². The Labute approximate surface area is 209 Å². The highest BCUT2D eigenvalue weighted by Crippen LogP contribution is 2.25. The maximum absolute atomic E-state index is 13.4. The van der Waals surface area contributed by atoms with Gasteiger partial charge in [-0.15, -0.1) is 5.10 Å². The largest absolute Gasteiger partial charge is 0.369 e. The fourth-order valence-corrected chi connectivity index (χ4v) is 5.27. The number of aryl methyl sites for hydroxylation is 1. The molecule has 1 aliphatic rings. The Morgan fingerprint density at radius 2 is 1.78 bits per heavy atom. The number of imidazole rings is 1. The fourth-order valence-electron chi connectivity index (χ4n) is 4.75. The molecule has 0 aliphatic carbocycles. The molecule has 1 aliphatic heterocycles. The molecule has 0 saturated carbocycles. The van der Waals surface area contributed by atoms with Gasteiger partial charge in [-0.3, -0.25) is 14.0 Å². The van der Waals surface area contributed by atoms with Gasteiger partial charge in [0.25, 0.3) is 0 Å². The SMILES string of the molecule is CCn1c(=O)n(CCN2CCN(c3ccc(F)cc3)CC2)c2nc(N)n3nc(-c4ccns4)nc3c21. The smallest absolute Gasteiger partial charge is 0.330 e. The number of fused-ring (bicyclic) bond motifs is 3. The Kier molecular flexibility index (Phi) is 5.64. The van der Waals surface area contributed by atoms with Gasteiger partial charge in [-0.1, -0.05) is 0 Å². The van der Waals surface area contributed by atoms with Crippen LogP contribution in [0.2, 0.25) is 0 Å². The molecule has 36 heavy (non-hydrogen) atoms. The van der Waals surface area contributed by atoms with Crippen molar-refractivity contribution >= 4 is 40.0 Å². The van der Waals surface area contributed by atoms with Crippen LogP contribution in [0, 0.1) is 5.82 Å². The van der Waals surface area contributed by atoms with Crippen LogP contribution in [0.25, 0.3) is 27.5 Å². The molecule has 0 bridgehead atoms. The van der Waals surface area contributed by atoms with E-state index in [4.69, 9.17) is 5.73 Å². The fraction of sp³-hybridized carbons (Fsp3) is 0.348. The number of nitrogens with two attached hydrogens (primary N) is 1. The minimum atomic E-state index is -0.230. The first kappa shape index (κ1) is 22.6. The second-order valence-electron chi connectivity index (χ2n) is 8.67. The molecule has 0 atom stereocenters. The molecule has 1 fully saturated rings. The lowest BCUT2D eigenvalue weighted by molar-refractivity contribution is 0.248. The average Bonchev–Trinajstić information content (AvgIpc) is 3.62. The maximum Gasteiger partial charge on any atom is 0.330 e. The highest BCUT2D eigenvalue weighted by Gasteiger charge is 2.23. The monoisotopic (exact) mass is 508 g/mol. The first-order valence-electron chi connectivity index (χ1n) is 11.8. The second kappa shape index (κ2) is 8.99. The number of halogens is 1. The molecule has 0 amide bonds. The van der Waals surface area contributed by atoms with Crippen LogP contribution in [-0.4, -0.2) is 70.7 Å². The van der Waals surface area contributed by atoms with E-state index in [0.29, 0.717) is 42.3 Å². The van der Waals surface area contributed by atoms with Crippen LogP contribution >= 0.6 is 11.5 Å². The van der Waals surface area contributed by atoms with Crippen molar-refractivity contribution in [3.8, 4) is 10.7 Å². The van der Waals surface area contributed by atoms with E-state index in [1.54, 1.807) is 15.3 Å². The summed E-state index contributed by atoms with van der Waals surface area (Å²) in [7, 11) is 0. The third kappa shape index (κ3) is 3.80. The third-order valence-corrected chi connectivity index (χ3v) is 7.38. The number of benzene rings is 1. The number of hydrogen-bond donors (Lipinski definition) is 1. The van der Waals surface area contributed by atoms with E-state index < -0.39 is 0 Å². The average molecular weight is 509 g/mol. The normalized spacial score (nSPS) is 14.9. The predicted molar refractivity (Wildman–Crippen MR) is 137 cm³/mol. The van der Waals surface area contributed by atoms with E-state index in [2.05, 4.69) is 29.2 Å². The zero-order valence-corrected chi connectivity index (χ0v) is 20.5. The van der Waals surface area contributed by atoms with Crippen LogP contribution < -0.4 is 16.3 Å². The van der Waals surface area contributed by atoms with Crippen molar-refractivity contribution in [2.45, 2.75) is 20.0 Å². The van der Waals surface area contributed by atoms with E-state index in [1.807, 2.05) is 25.1 Å². The molecule has 4 aromatic heterocycles. The van der Waals surface area contributed by atoms with Crippen LogP contribution in [-0.2, 0) is 13.1 Å². The lowest BCUT2D eigenvalue weighted by Crippen LogP contribution is -2.47. The molecular formula is C23H25FN10OS. The Morgan fingerprint density at radius 3 is 2.47 bits per heavy atom. The molecule has 1 aromatic carbocycles. The van der Waals surface area contributed by atoms with E-state index >= 15 is 0 Å². The summed E-state index contributed by atoms with van der Waals surface area (Å²) in [5.74, 6) is 0.447. The lowest BCUT2D eigenvalue weighted by Gasteiger charge is -2.36. The highest BCUT2D eigenvalue weighted by atomic mass is 32.1. The van der Waals surface area contributed by atoms with Gasteiger partial charge in [-0.05, 0) is 48.8 Å². The highest BCUT2D eigenvalue weighted by molar-refractivity contribution is 7.09. The quantitative estimate of drug-likeness (QED) is 0.370. The van der Waals surface area contributed by atoms with E-state index in [1.165, 1.54) is 28.2 Å². The van der Waals surface area contributed by atoms with Gasteiger partial charge in [0, 0.05) is 57.7 Å². The number of nitrogens with zero attached hydrogens (tertiary/aromatic N) is 9. The zero-order chi connectivity index (χ0) is 24.8. The summed E-state index contributed by atoms with van der Waals surface area (Å²) in [6.45, 7) is 6.95. The lowest BCUT2D eigenvalue weighted by atomic mass is 10.2. The van der Waals surface area contributed by atoms with Gasteiger partial charge in [0.15, 0.2) is 17.1 Å². The summed E-state index contributed by atoms with van der Waals surface area (Å²) >= 11 is 1.30. The van der Waals surface area contributed by atoms with E-state index in [-0.39, 0.29) is 17.5 Å². The number of aromatic nitrogens is 7. The van der Waals surface area contributed by atoms with Crippen LogP contribution in [0.15, 0.2) is 41.3 Å². The molecule has 0 unspecified atom stereocenters.